The molecule has 9 amide bonds. The predicted octanol–water partition coefficient (Wildman–Crippen LogP) is 2.94. The molecule has 0 spiro atoms. The third-order valence-electron chi connectivity index (χ3n) is 12.7. The van der Waals surface area contributed by atoms with Gasteiger partial charge >= 0.3 is 18.1 Å². The molecule has 0 unspecified atom stereocenters. The van der Waals surface area contributed by atoms with Gasteiger partial charge in [-0.05, 0) is 79.6 Å². The molecule has 26 heteroatoms. The minimum Gasteiger partial charge on any atom is -0.494 e. The number of nitrogens with zero attached hydrogens (tertiary/aromatic N) is 5. The molecule has 4 aromatic rings. The number of hydrogen-bond acceptors (Lipinski definition) is 18. The number of carbonyl (C=O) groups excluding carboxylic acids is 9. The van der Waals surface area contributed by atoms with Crippen molar-refractivity contribution in [3.05, 3.63) is 96.6 Å². The fourth-order valence-electron chi connectivity index (χ4n) is 8.32. The number of imide groups is 1. The van der Waals surface area contributed by atoms with E-state index < -0.39 is 53.9 Å². The van der Waals surface area contributed by atoms with Gasteiger partial charge in [-0.15, -0.1) is 0 Å². The molecule has 426 valence electrons. The first-order chi connectivity index (χ1) is 38.5. The van der Waals surface area contributed by atoms with Crippen LogP contribution >= 0.6 is 0 Å². The highest BCUT2D eigenvalue weighted by molar-refractivity contribution is 6.13. The Hall–Kier alpha value is -9.20. The van der Waals surface area contributed by atoms with E-state index >= 15 is 0 Å². The quantitative estimate of drug-likeness (QED) is 0.0230. The number of nitrogens with one attached hydrogen (secondary N) is 6. The number of methoxy groups -OCH3 is 1. The second kappa shape index (κ2) is 30.1. The Labute approximate surface area is 461 Å². The fourth-order valence-corrected chi connectivity index (χ4v) is 8.32. The van der Waals surface area contributed by atoms with Crippen molar-refractivity contribution in [1.29, 1.82) is 0 Å². The van der Waals surface area contributed by atoms with E-state index in [0.29, 0.717) is 79.5 Å². The van der Waals surface area contributed by atoms with Crippen molar-refractivity contribution in [2.75, 3.05) is 74.4 Å². The Kier molecular flexibility index (Phi) is 22.6. The molecule has 0 aliphatic carbocycles. The van der Waals surface area contributed by atoms with Gasteiger partial charge in [-0.2, -0.15) is 0 Å². The number of anilines is 4. The normalized spacial score (nSPS) is 14.1. The topological polar surface area (TPSA) is 360 Å². The van der Waals surface area contributed by atoms with E-state index in [2.05, 4.69) is 51.8 Å². The Balaban J connectivity index is 0.953. The lowest BCUT2D eigenvalue weighted by atomic mass is 10.0. The molecule has 6 rings (SSSR count). The number of morpholine rings is 1. The molecule has 2 aromatic carbocycles. The zero-order chi connectivity index (χ0) is 57.6. The SMILES string of the molecule is COC(=O)[C@H](CCOc1ccc(-c2cnc(N)c(C(=O)Nc3cnccc3N3CCOCC3)n2)cc1)NC(=O)OCc1ccc(NC(=O)[C@H](CCCNC(N)=O)NC(=O)[C@@H](NC(=O)CCCCCN2C(=O)C=CC2=O)C(C)C)cc1. The van der Waals surface area contributed by atoms with Crippen molar-refractivity contribution >= 4 is 76.4 Å². The lowest BCUT2D eigenvalue weighted by Crippen LogP contribution is -2.54. The summed E-state index contributed by atoms with van der Waals surface area (Å²) in [5.41, 5.74) is 14.4. The van der Waals surface area contributed by atoms with Gasteiger partial charge in [0.25, 0.3) is 17.7 Å². The van der Waals surface area contributed by atoms with E-state index in [9.17, 15) is 43.2 Å². The zero-order valence-electron chi connectivity index (χ0n) is 44.7. The number of nitrogens with two attached hydrogens (primary N) is 2. The minimum atomic E-state index is -1.13. The molecule has 80 heavy (non-hydrogen) atoms. The summed E-state index contributed by atoms with van der Waals surface area (Å²) in [6.45, 7) is 6.05. The number of primary amides is 1. The second-order valence-electron chi connectivity index (χ2n) is 18.8. The maximum atomic E-state index is 13.6. The summed E-state index contributed by atoms with van der Waals surface area (Å²) < 4.78 is 21.6. The predicted molar refractivity (Wildman–Crippen MR) is 291 cm³/mol. The Morgan fingerprint density at radius 1 is 0.800 bits per heavy atom. The van der Waals surface area contributed by atoms with Crippen LogP contribution in [0.3, 0.4) is 0 Å². The smallest absolute Gasteiger partial charge is 0.408 e. The Bertz CT molecular complexity index is 2840. The van der Waals surface area contributed by atoms with Gasteiger partial charge in [-0.25, -0.2) is 24.4 Å². The summed E-state index contributed by atoms with van der Waals surface area (Å²) in [4.78, 5) is 130. The number of carbonyl (C=O) groups is 9. The maximum absolute atomic E-state index is 13.6. The lowest BCUT2D eigenvalue weighted by Gasteiger charge is -2.30. The lowest BCUT2D eigenvalue weighted by molar-refractivity contribution is -0.143. The van der Waals surface area contributed by atoms with E-state index in [-0.39, 0.29) is 87.1 Å². The number of esters is 1. The van der Waals surface area contributed by atoms with E-state index in [0.717, 1.165) is 10.6 Å². The van der Waals surface area contributed by atoms with Gasteiger partial charge < -0.3 is 67.2 Å². The Morgan fingerprint density at radius 3 is 2.21 bits per heavy atom. The van der Waals surface area contributed by atoms with Crippen LogP contribution in [-0.2, 0) is 49.6 Å². The monoisotopic (exact) mass is 1110 g/mol. The number of pyridine rings is 1. The van der Waals surface area contributed by atoms with Crippen molar-refractivity contribution in [3.8, 4) is 17.0 Å². The maximum Gasteiger partial charge on any atom is 0.408 e. The van der Waals surface area contributed by atoms with Gasteiger partial charge in [0.2, 0.25) is 17.7 Å². The van der Waals surface area contributed by atoms with E-state index in [1.807, 2.05) is 6.07 Å². The van der Waals surface area contributed by atoms with Gasteiger partial charge in [0, 0.05) is 68.6 Å². The number of ether oxygens (including phenoxy) is 4. The highest BCUT2D eigenvalue weighted by Gasteiger charge is 2.30. The number of hydrogen-bond donors (Lipinski definition) is 8. The van der Waals surface area contributed by atoms with Crippen molar-refractivity contribution in [1.82, 2.24) is 41.1 Å². The van der Waals surface area contributed by atoms with Crippen LogP contribution < -0.4 is 53.0 Å². The van der Waals surface area contributed by atoms with E-state index in [1.165, 1.54) is 25.5 Å². The average Bonchev–Trinajstić information content (AvgIpc) is 3.77. The molecule has 10 N–H and O–H groups in total. The fraction of sp³-hybridized carbons (Fsp3) is 0.407. The third-order valence-corrected chi connectivity index (χ3v) is 12.7. The number of nitrogen functional groups attached to an aromatic ring is 1. The molecular formula is C54H67N13O13. The van der Waals surface area contributed by atoms with Crippen LogP contribution in [0.5, 0.6) is 5.75 Å². The van der Waals surface area contributed by atoms with Gasteiger partial charge in [0.1, 0.15) is 30.5 Å². The molecule has 2 aliphatic rings. The molecule has 2 aromatic heterocycles. The highest BCUT2D eigenvalue weighted by Crippen LogP contribution is 2.27. The largest absolute Gasteiger partial charge is 0.494 e. The van der Waals surface area contributed by atoms with E-state index in [4.69, 9.17) is 30.4 Å². The van der Waals surface area contributed by atoms with Crippen molar-refractivity contribution in [3.63, 3.8) is 0 Å². The number of alkyl carbamates (subject to hydrolysis) is 1. The molecule has 1 fully saturated rings. The van der Waals surface area contributed by atoms with E-state index in [1.54, 1.807) is 74.8 Å². The molecule has 1 saturated heterocycles. The first kappa shape index (κ1) is 60.0. The first-order valence-electron chi connectivity index (χ1n) is 26.0. The summed E-state index contributed by atoms with van der Waals surface area (Å²) in [5, 5.41) is 16.1. The number of aromatic nitrogens is 3. The zero-order valence-corrected chi connectivity index (χ0v) is 44.7. The minimum absolute atomic E-state index is 0.00851. The molecule has 0 saturated carbocycles. The van der Waals surface area contributed by atoms with Crippen LogP contribution in [0.15, 0.2) is 85.3 Å². The van der Waals surface area contributed by atoms with Crippen LogP contribution in [0.2, 0.25) is 0 Å². The number of benzene rings is 2. The number of amides is 9. The molecule has 26 nitrogen and oxygen atoms in total. The van der Waals surface area contributed by atoms with Crippen LogP contribution in [-0.4, -0.2) is 145 Å². The van der Waals surface area contributed by atoms with Crippen molar-refractivity contribution in [2.24, 2.45) is 11.7 Å². The average molecular weight is 1110 g/mol. The number of rotatable bonds is 28. The summed E-state index contributed by atoms with van der Waals surface area (Å²) in [5.74, 6) is -3.59. The van der Waals surface area contributed by atoms with Crippen LogP contribution in [0.1, 0.15) is 74.8 Å². The molecular weight excluding hydrogens is 1040 g/mol. The molecule has 2 aliphatic heterocycles. The van der Waals surface area contributed by atoms with Crippen LogP contribution in [0.4, 0.5) is 32.5 Å². The van der Waals surface area contributed by atoms with Crippen molar-refractivity contribution < 1.29 is 62.1 Å². The first-order valence-corrected chi connectivity index (χ1v) is 26.0. The van der Waals surface area contributed by atoms with Crippen LogP contribution in [0, 0.1) is 5.92 Å². The number of unbranched alkanes of at least 4 members (excludes halogenated alkanes) is 2. The summed E-state index contributed by atoms with van der Waals surface area (Å²) in [6, 6.07) is 10.9. The highest BCUT2D eigenvalue weighted by atomic mass is 16.6. The second-order valence-corrected chi connectivity index (χ2v) is 18.8. The molecule has 3 atom stereocenters. The van der Waals surface area contributed by atoms with Gasteiger partial charge in [-0.3, -0.25) is 38.7 Å². The molecule has 0 radical (unpaired) electrons. The third kappa shape index (κ3) is 18.2. The standard InChI is InChI=1S/C54H67N13O13/c1-33(2)46(65-43(68)9-5-4-6-24-67-44(69)18-19-45(67)70)50(72)62-38(8-7-22-58-53(56)75)49(71)60-36-14-10-34(11-15-36)32-80-54(76)64-39(52(74)77-3)21-27-79-37-16-12-35(13-17-37)40-31-59-48(55)47(61-40)51(73)63-41-30-57-23-20-42(41)66-25-28-78-29-26-66/h10-20,23,30-31,33,38-39,46H,4-9,21-22,24-29,32H2,1-3H3,(H2,55,59)(H,60,71)(H,62,72)(H,63,73)(H,64,76)(H,65,68)(H3,56,58,75)/t38-,39-,46-/m0/s1. The summed E-state index contributed by atoms with van der Waals surface area (Å²) in [6.07, 6.45) is 8.15. The van der Waals surface area contributed by atoms with Gasteiger partial charge in [0.05, 0.1) is 56.4 Å². The summed E-state index contributed by atoms with van der Waals surface area (Å²) in [7, 11) is 1.18. The number of urea groups is 1. The molecule has 4 heterocycles. The molecule has 0 bridgehead atoms. The summed E-state index contributed by atoms with van der Waals surface area (Å²) >= 11 is 0. The van der Waals surface area contributed by atoms with Crippen molar-refractivity contribution in [2.45, 2.75) is 83.5 Å². The van der Waals surface area contributed by atoms with Gasteiger partial charge in [0.15, 0.2) is 11.5 Å². The Morgan fingerprint density at radius 2 is 1.52 bits per heavy atom. The van der Waals surface area contributed by atoms with Crippen LogP contribution in [0.25, 0.3) is 11.3 Å². The van der Waals surface area contributed by atoms with Gasteiger partial charge in [-0.1, -0.05) is 32.4 Å².